The molecule has 0 aromatic rings. The van der Waals surface area contributed by atoms with Crippen LogP contribution in [-0.2, 0) is 38.7 Å². The summed E-state index contributed by atoms with van der Waals surface area (Å²) in [4.78, 5) is 36.4. The third kappa shape index (κ3) is 18.0. The molecular weight excluding hydrogens is 241 g/mol. The predicted molar refractivity (Wildman–Crippen MR) is 30.5 cm³/mol. The van der Waals surface area contributed by atoms with Gasteiger partial charge in [-0.15, -0.1) is 0 Å². The van der Waals surface area contributed by atoms with Crippen molar-refractivity contribution < 1.29 is 59.1 Å². The summed E-state index contributed by atoms with van der Waals surface area (Å²) < 4.78 is 0. The van der Waals surface area contributed by atoms with Gasteiger partial charge in [0.2, 0.25) is 0 Å². The van der Waals surface area contributed by atoms with Crippen LogP contribution in [0.15, 0.2) is 0 Å². The van der Waals surface area contributed by atoms with E-state index in [2.05, 4.69) is 0 Å². The number of carboxylic acids is 4. The molecule has 0 aliphatic rings. The maximum atomic E-state index is 9.10. The van der Waals surface area contributed by atoms with Crippen molar-refractivity contribution in [1.29, 1.82) is 0 Å². The largest absolute Gasteiger partial charge is 0.473 e. The maximum Gasteiger partial charge on any atom is 0.414 e. The SMILES string of the molecule is O=C(O)C(=O)O.O=C(O)C(=O)O.[Zn]. The maximum absolute atomic E-state index is 9.10. The van der Waals surface area contributed by atoms with Gasteiger partial charge >= 0.3 is 23.9 Å². The third-order valence-electron chi connectivity index (χ3n) is 0.366. The summed E-state index contributed by atoms with van der Waals surface area (Å²) in [7, 11) is 0. The molecule has 4 N–H and O–H groups in total. The molecule has 0 aromatic heterocycles. The predicted octanol–water partition coefficient (Wildman–Crippen LogP) is -1.69. The minimum atomic E-state index is -1.82. The van der Waals surface area contributed by atoms with Gasteiger partial charge in [0, 0.05) is 19.5 Å². The van der Waals surface area contributed by atoms with Crippen LogP contribution in [0.4, 0.5) is 0 Å². The van der Waals surface area contributed by atoms with Crippen molar-refractivity contribution in [3.8, 4) is 0 Å². The zero-order valence-electron chi connectivity index (χ0n) is 6.13. The van der Waals surface area contributed by atoms with Crippen LogP contribution < -0.4 is 0 Å². The fraction of sp³-hybridized carbons (Fsp3) is 0. The van der Waals surface area contributed by atoms with Gasteiger partial charge in [0.25, 0.3) is 0 Å². The van der Waals surface area contributed by atoms with Crippen LogP contribution in [0.3, 0.4) is 0 Å². The van der Waals surface area contributed by atoms with E-state index in [0.717, 1.165) is 0 Å². The number of rotatable bonds is 0. The zero-order valence-corrected chi connectivity index (χ0v) is 9.10. The van der Waals surface area contributed by atoms with Crippen molar-refractivity contribution in [2.24, 2.45) is 0 Å². The first kappa shape index (κ1) is 17.6. The number of aliphatic carboxylic acids is 4. The van der Waals surface area contributed by atoms with Gasteiger partial charge < -0.3 is 20.4 Å². The first-order valence-corrected chi connectivity index (χ1v) is 2.21. The second kappa shape index (κ2) is 8.60. The van der Waals surface area contributed by atoms with E-state index in [9.17, 15) is 0 Å². The van der Waals surface area contributed by atoms with E-state index < -0.39 is 23.9 Å². The van der Waals surface area contributed by atoms with Crippen molar-refractivity contribution in [2.75, 3.05) is 0 Å². The van der Waals surface area contributed by atoms with Crippen LogP contribution in [0, 0.1) is 0 Å². The van der Waals surface area contributed by atoms with E-state index in [1.165, 1.54) is 0 Å². The molecule has 0 heterocycles. The van der Waals surface area contributed by atoms with Crippen LogP contribution in [0.1, 0.15) is 0 Å². The average molecular weight is 245 g/mol. The van der Waals surface area contributed by atoms with Gasteiger partial charge in [0.15, 0.2) is 0 Å². The Bertz CT molecular complexity index is 172. The van der Waals surface area contributed by atoms with Gasteiger partial charge in [0.05, 0.1) is 0 Å². The van der Waals surface area contributed by atoms with Gasteiger partial charge in [-0.05, 0) is 0 Å². The first-order valence-electron chi connectivity index (χ1n) is 2.21. The van der Waals surface area contributed by atoms with Gasteiger partial charge in [-0.3, -0.25) is 0 Å². The van der Waals surface area contributed by atoms with Crippen molar-refractivity contribution >= 4 is 23.9 Å². The molecule has 0 aliphatic carbocycles. The molecule has 8 nitrogen and oxygen atoms in total. The Morgan fingerprint density at radius 2 is 0.615 bits per heavy atom. The molecule has 0 atom stereocenters. The number of hydrogen-bond acceptors (Lipinski definition) is 4. The van der Waals surface area contributed by atoms with Crippen molar-refractivity contribution in [3.63, 3.8) is 0 Å². The first-order chi connectivity index (χ1) is 5.29. The summed E-state index contributed by atoms with van der Waals surface area (Å²) in [5.74, 6) is -7.30. The molecule has 0 bridgehead atoms. The standard InChI is InChI=1S/2C2H2O4.Zn/c2*3-1(4)2(5)6;/h2*(H,3,4)(H,5,6);. The normalized spacial score (nSPS) is 6.77. The van der Waals surface area contributed by atoms with Crippen LogP contribution in [-0.4, -0.2) is 44.3 Å². The molecule has 0 rings (SSSR count). The fourth-order valence-electron chi connectivity index (χ4n) is 0. The van der Waals surface area contributed by atoms with E-state index in [4.69, 9.17) is 39.6 Å². The minimum Gasteiger partial charge on any atom is -0.473 e. The monoisotopic (exact) mass is 244 g/mol. The Balaban J connectivity index is -0.000000143. The molecule has 0 aliphatic heterocycles. The van der Waals surface area contributed by atoms with Gasteiger partial charge in [-0.25, -0.2) is 19.2 Å². The van der Waals surface area contributed by atoms with Gasteiger partial charge in [-0.2, -0.15) is 0 Å². The zero-order chi connectivity index (χ0) is 10.3. The number of hydrogen-bond donors (Lipinski definition) is 4. The number of carboxylic acid groups (broad SMARTS) is 4. The van der Waals surface area contributed by atoms with Crippen LogP contribution >= 0.6 is 0 Å². The molecule has 0 amide bonds. The second-order valence-electron chi connectivity index (χ2n) is 1.22. The van der Waals surface area contributed by atoms with Gasteiger partial charge in [0.1, 0.15) is 0 Å². The summed E-state index contributed by atoms with van der Waals surface area (Å²) in [6.07, 6.45) is 0. The Labute approximate surface area is 83.5 Å². The van der Waals surface area contributed by atoms with Crippen molar-refractivity contribution in [2.45, 2.75) is 0 Å². The Morgan fingerprint density at radius 1 is 0.538 bits per heavy atom. The fourth-order valence-corrected chi connectivity index (χ4v) is 0. The molecule has 70 valence electrons. The van der Waals surface area contributed by atoms with Crippen molar-refractivity contribution in [3.05, 3.63) is 0 Å². The van der Waals surface area contributed by atoms with Crippen LogP contribution in [0.2, 0.25) is 0 Å². The summed E-state index contributed by atoms with van der Waals surface area (Å²) >= 11 is 0. The van der Waals surface area contributed by atoms with E-state index in [0.29, 0.717) is 0 Å². The molecule has 0 saturated carbocycles. The van der Waals surface area contributed by atoms with E-state index in [-0.39, 0.29) is 19.5 Å². The second-order valence-corrected chi connectivity index (χ2v) is 1.22. The van der Waals surface area contributed by atoms with E-state index >= 15 is 0 Å². The summed E-state index contributed by atoms with van der Waals surface area (Å²) in [6.45, 7) is 0. The molecule has 0 aromatic carbocycles. The summed E-state index contributed by atoms with van der Waals surface area (Å²) in [6, 6.07) is 0. The molecule has 0 spiro atoms. The topological polar surface area (TPSA) is 149 Å². The average Bonchev–Trinajstić information content (AvgIpc) is 1.88. The Hall–Kier alpha value is -1.50. The molecule has 0 fully saturated rings. The molecule has 13 heavy (non-hydrogen) atoms. The Kier molecular flexibility index (Phi) is 11.6. The molecule has 9 heteroatoms. The smallest absolute Gasteiger partial charge is 0.414 e. The van der Waals surface area contributed by atoms with Gasteiger partial charge in [-0.1, -0.05) is 0 Å². The third-order valence-corrected chi connectivity index (χ3v) is 0.366. The van der Waals surface area contributed by atoms with Crippen LogP contribution in [0.25, 0.3) is 0 Å². The molecular formula is C4H4O8Zn. The summed E-state index contributed by atoms with van der Waals surface area (Å²) in [5, 5.41) is 29.6. The summed E-state index contributed by atoms with van der Waals surface area (Å²) in [5.41, 5.74) is 0. The minimum absolute atomic E-state index is 0. The van der Waals surface area contributed by atoms with Crippen LogP contribution in [0.5, 0.6) is 0 Å². The molecule has 0 saturated heterocycles. The van der Waals surface area contributed by atoms with E-state index in [1.807, 2.05) is 0 Å². The Morgan fingerprint density at radius 3 is 0.615 bits per heavy atom. The molecule has 0 radical (unpaired) electrons. The van der Waals surface area contributed by atoms with E-state index in [1.54, 1.807) is 0 Å². The number of carbonyl (C=O) groups is 4. The van der Waals surface area contributed by atoms with Crippen molar-refractivity contribution in [1.82, 2.24) is 0 Å². The quantitative estimate of drug-likeness (QED) is 0.292. The molecule has 0 unspecified atom stereocenters.